The van der Waals surface area contributed by atoms with E-state index in [-0.39, 0.29) is 15.8 Å². The van der Waals surface area contributed by atoms with Crippen molar-refractivity contribution in [1.82, 2.24) is 0 Å². The van der Waals surface area contributed by atoms with Gasteiger partial charge in [0.25, 0.3) is 8.32 Å². The summed E-state index contributed by atoms with van der Waals surface area (Å²) < 4.78 is 30.6. The van der Waals surface area contributed by atoms with Crippen molar-refractivity contribution in [2.24, 2.45) is 0 Å². The lowest BCUT2D eigenvalue weighted by molar-refractivity contribution is -0.162. The van der Waals surface area contributed by atoms with E-state index in [2.05, 4.69) is 67.7 Å². The molecule has 0 saturated carbocycles. The minimum Gasteiger partial charge on any atom is -0.541 e. The Hall–Kier alpha value is -0.836. The van der Waals surface area contributed by atoms with Gasteiger partial charge < -0.3 is 23.1 Å². The second-order valence-corrected chi connectivity index (χ2v) is 21.1. The number of carbonyl (C=O) groups excluding carboxylic acids is 1. The molecule has 0 aromatic carbocycles. The van der Waals surface area contributed by atoms with Crippen molar-refractivity contribution in [3.63, 3.8) is 0 Å². The summed E-state index contributed by atoms with van der Waals surface area (Å²) in [4.78, 5) is 12.9. The summed E-state index contributed by atoms with van der Waals surface area (Å²) in [6, 6.07) is 0. The SMILES string of the molecule is CC1(C)OC[C@@H](C2OC(=O)C(O[Si](C)(C)C(C)(C)C)=C2O[Si](C)(C)C(C)(C)C)O1. The lowest BCUT2D eigenvalue weighted by Gasteiger charge is -2.39. The van der Waals surface area contributed by atoms with E-state index < -0.39 is 40.6 Å². The van der Waals surface area contributed by atoms with E-state index in [9.17, 15) is 4.79 Å². The summed E-state index contributed by atoms with van der Waals surface area (Å²) in [7, 11) is -4.51. The monoisotopic (exact) mass is 444 g/mol. The van der Waals surface area contributed by atoms with Crippen LogP contribution in [0.1, 0.15) is 55.4 Å². The molecular formula is C21H40O6Si2. The smallest absolute Gasteiger partial charge is 0.376 e. The maximum absolute atomic E-state index is 12.9. The molecule has 1 unspecified atom stereocenters. The minimum atomic E-state index is -2.27. The van der Waals surface area contributed by atoms with Crippen molar-refractivity contribution >= 4 is 22.6 Å². The summed E-state index contributed by atoms with van der Waals surface area (Å²) in [5.41, 5.74) is 0. The zero-order valence-corrected chi connectivity index (χ0v) is 22.3. The third-order valence-corrected chi connectivity index (χ3v) is 15.3. The first kappa shape index (κ1) is 24.4. The van der Waals surface area contributed by atoms with Crippen LogP contribution in [0, 0.1) is 0 Å². The highest BCUT2D eigenvalue weighted by Crippen LogP contribution is 2.44. The Morgan fingerprint density at radius 3 is 1.83 bits per heavy atom. The molecular weight excluding hydrogens is 404 g/mol. The second-order valence-electron chi connectivity index (χ2n) is 11.6. The number of esters is 1. The van der Waals surface area contributed by atoms with E-state index in [0.717, 1.165) is 0 Å². The third kappa shape index (κ3) is 5.08. The lowest BCUT2D eigenvalue weighted by atomic mass is 10.2. The maximum Gasteiger partial charge on any atom is 0.376 e. The predicted octanol–water partition coefficient (Wildman–Crippen LogP) is 5.32. The van der Waals surface area contributed by atoms with E-state index in [4.69, 9.17) is 23.1 Å². The molecule has 0 N–H and O–H groups in total. The standard InChI is InChI=1S/C21H40O6Si2/c1-19(2,3)28(9,10)26-16-15(14-13-23-21(7,8)25-14)24-18(22)17(16)27-29(11,12)20(4,5)6/h14-15H,13H2,1-12H3/t14-,15?/m0/s1. The molecule has 168 valence electrons. The van der Waals surface area contributed by atoms with Crippen LogP contribution in [0.2, 0.25) is 36.3 Å². The Morgan fingerprint density at radius 2 is 1.41 bits per heavy atom. The zero-order valence-electron chi connectivity index (χ0n) is 20.3. The van der Waals surface area contributed by atoms with Gasteiger partial charge in [-0.2, -0.15) is 0 Å². The number of cyclic esters (lactones) is 1. The first-order valence-electron chi connectivity index (χ1n) is 10.4. The fourth-order valence-electron chi connectivity index (χ4n) is 2.59. The topological polar surface area (TPSA) is 63.2 Å². The van der Waals surface area contributed by atoms with Gasteiger partial charge in [-0.1, -0.05) is 41.5 Å². The molecule has 2 heterocycles. The molecule has 2 rings (SSSR count). The first-order valence-corrected chi connectivity index (χ1v) is 16.2. The molecule has 0 aromatic heterocycles. The molecule has 1 fully saturated rings. The molecule has 6 nitrogen and oxygen atoms in total. The van der Waals surface area contributed by atoms with Gasteiger partial charge in [0, 0.05) is 0 Å². The predicted molar refractivity (Wildman–Crippen MR) is 118 cm³/mol. The average molecular weight is 445 g/mol. The van der Waals surface area contributed by atoms with Crippen molar-refractivity contribution in [2.75, 3.05) is 6.61 Å². The van der Waals surface area contributed by atoms with E-state index >= 15 is 0 Å². The lowest BCUT2D eigenvalue weighted by Crippen LogP contribution is -2.44. The quantitative estimate of drug-likeness (QED) is 0.422. The van der Waals surface area contributed by atoms with E-state index in [0.29, 0.717) is 12.4 Å². The molecule has 8 heteroatoms. The molecule has 0 radical (unpaired) electrons. The highest BCUT2D eigenvalue weighted by molar-refractivity contribution is 6.75. The van der Waals surface area contributed by atoms with Crippen molar-refractivity contribution in [2.45, 2.75) is 110 Å². The molecule has 2 aliphatic heterocycles. The first-order chi connectivity index (χ1) is 12.8. The van der Waals surface area contributed by atoms with Gasteiger partial charge in [-0.15, -0.1) is 0 Å². The molecule has 0 bridgehead atoms. The molecule has 0 amide bonds. The van der Waals surface area contributed by atoms with Crippen LogP contribution in [-0.2, 0) is 27.9 Å². The van der Waals surface area contributed by atoms with Crippen LogP contribution in [0.25, 0.3) is 0 Å². The van der Waals surface area contributed by atoms with Crippen LogP contribution < -0.4 is 0 Å². The summed E-state index contributed by atoms with van der Waals surface area (Å²) in [6.07, 6.45) is -1.08. The van der Waals surface area contributed by atoms with Crippen LogP contribution in [0.4, 0.5) is 0 Å². The van der Waals surface area contributed by atoms with Gasteiger partial charge in [0.1, 0.15) is 6.10 Å². The molecule has 0 spiro atoms. The van der Waals surface area contributed by atoms with Gasteiger partial charge >= 0.3 is 5.97 Å². The van der Waals surface area contributed by atoms with Crippen LogP contribution >= 0.6 is 0 Å². The molecule has 29 heavy (non-hydrogen) atoms. The molecule has 0 aliphatic carbocycles. The summed E-state index contributed by atoms with van der Waals surface area (Å²) in [5.74, 6) is -0.485. The van der Waals surface area contributed by atoms with Crippen molar-refractivity contribution in [1.29, 1.82) is 0 Å². The maximum atomic E-state index is 12.9. The van der Waals surface area contributed by atoms with Gasteiger partial charge in [0.05, 0.1) is 6.61 Å². The Kier molecular flexibility index (Phi) is 6.23. The number of hydrogen-bond donors (Lipinski definition) is 0. The van der Waals surface area contributed by atoms with Gasteiger partial charge in [0.2, 0.25) is 14.1 Å². The summed E-state index contributed by atoms with van der Waals surface area (Å²) in [5, 5.41) is -0.0972. The van der Waals surface area contributed by atoms with E-state index in [1.54, 1.807) is 0 Å². The van der Waals surface area contributed by atoms with E-state index in [1.807, 2.05) is 13.8 Å². The minimum absolute atomic E-state index is 0.0371. The fourth-order valence-corrected chi connectivity index (χ4v) is 4.66. The Bertz CT molecular complexity index is 682. The van der Waals surface area contributed by atoms with Crippen LogP contribution in [0.5, 0.6) is 0 Å². The molecule has 0 aromatic rings. The Labute approximate surface area is 178 Å². The summed E-state index contributed by atoms with van der Waals surface area (Å²) in [6.45, 7) is 25.5. The van der Waals surface area contributed by atoms with E-state index in [1.165, 1.54) is 0 Å². The zero-order chi connectivity index (χ0) is 22.6. The van der Waals surface area contributed by atoms with Gasteiger partial charge in [0.15, 0.2) is 17.7 Å². The van der Waals surface area contributed by atoms with Crippen LogP contribution in [0.3, 0.4) is 0 Å². The van der Waals surface area contributed by atoms with Crippen molar-refractivity contribution < 1.29 is 27.9 Å². The van der Waals surface area contributed by atoms with Crippen LogP contribution in [-0.4, -0.2) is 47.2 Å². The highest BCUT2D eigenvalue weighted by atomic mass is 28.4. The fraction of sp³-hybridized carbons (Fsp3) is 0.857. The highest BCUT2D eigenvalue weighted by Gasteiger charge is 2.53. The van der Waals surface area contributed by atoms with Gasteiger partial charge in [-0.3, -0.25) is 0 Å². The second kappa shape index (κ2) is 7.39. The van der Waals surface area contributed by atoms with Crippen molar-refractivity contribution in [3.05, 3.63) is 11.5 Å². The molecule has 1 saturated heterocycles. The van der Waals surface area contributed by atoms with Crippen LogP contribution in [0.15, 0.2) is 11.5 Å². The number of hydrogen-bond acceptors (Lipinski definition) is 6. The average Bonchev–Trinajstić information content (AvgIpc) is 2.98. The molecule has 2 aliphatic rings. The summed E-state index contributed by atoms with van der Waals surface area (Å²) >= 11 is 0. The number of carbonyl (C=O) groups is 1. The third-order valence-electron chi connectivity index (χ3n) is 6.60. The largest absolute Gasteiger partial charge is 0.541 e. The van der Waals surface area contributed by atoms with Gasteiger partial charge in [-0.25, -0.2) is 4.79 Å². The normalized spacial score (nSPS) is 26.0. The number of ether oxygens (including phenoxy) is 3. The number of rotatable bonds is 5. The van der Waals surface area contributed by atoms with Gasteiger partial charge in [-0.05, 0) is 50.1 Å². The van der Waals surface area contributed by atoms with Crippen molar-refractivity contribution in [3.8, 4) is 0 Å². The Balaban J connectivity index is 2.48. The Morgan fingerprint density at radius 1 is 0.931 bits per heavy atom. The molecule has 2 atom stereocenters.